The fraction of sp³-hybridized carbons (Fsp3) is 0.462. The van der Waals surface area contributed by atoms with Gasteiger partial charge in [-0.25, -0.2) is 0 Å². The SMILES string of the molecule is COc1cc(C(=O)C2(C)CCCO2)ccc1Cl. The van der Waals surface area contributed by atoms with Crippen LogP contribution in [-0.4, -0.2) is 25.1 Å². The van der Waals surface area contributed by atoms with Gasteiger partial charge in [-0.15, -0.1) is 0 Å². The number of hydrogen-bond donors (Lipinski definition) is 0. The highest BCUT2D eigenvalue weighted by Crippen LogP contribution is 2.32. The summed E-state index contributed by atoms with van der Waals surface area (Å²) >= 11 is 5.93. The largest absolute Gasteiger partial charge is 0.495 e. The molecule has 0 radical (unpaired) electrons. The van der Waals surface area contributed by atoms with Gasteiger partial charge in [-0.05, 0) is 38.0 Å². The third kappa shape index (κ3) is 2.31. The highest BCUT2D eigenvalue weighted by molar-refractivity contribution is 6.32. The molecule has 92 valence electrons. The molecule has 0 aliphatic carbocycles. The van der Waals surface area contributed by atoms with E-state index in [1.165, 1.54) is 7.11 Å². The fourth-order valence-corrected chi connectivity index (χ4v) is 2.26. The van der Waals surface area contributed by atoms with Crippen molar-refractivity contribution in [3.05, 3.63) is 28.8 Å². The highest BCUT2D eigenvalue weighted by atomic mass is 35.5. The molecule has 0 saturated carbocycles. The van der Waals surface area contributed by atoms with Gasteiger partial charge in [0, 0.05) is 12.2 Å². The number of benzene rings is 1. The zero-order chi connectivity index (χ0) is 12.5. The summed E-state index contributed by atoms with van der Waals surface area (Å²) in [6.45, 7) is 2.48. The summed E-state index contributed by atoms with van der Waals surface area (Å²) < 4.78 is 10.6. The third-order valence-corrected chi connectivity index (χ3v) is 3.42. The van der Waals surface area contributed by atoms with E-state index in [0.717, 1.165) is 12.8 Å². The Labute approximate surface area is 106 Å². The van der Waals surface area contributed by atoms with Crippen molar-refractivity contribution in [1.82, 2.24) is 0 Å². The van der Waals surface area contributed by atoms with Gasteiger partial charge < -0.3 is 9.47 Å². The molecule has 0 N–H and O–H groups in total. The molecule has 1 atom stereocenters. The predicted octanol–water partition coefficient (Wildman–Crippen LogP) is 3.10. The van der Waals surface area contributed by atoms with Crippen LogP contribution in [0.25, 0.3) is 0 Å². The molecule has 0 aromatic heterocycles. The van der Waals surface area contributed by atoms with Crippen LogP contribution in [0.3, 0.4) is 0 Å². The quantitative estimate of drug-likeness (QED) is 0.778. The predicted molar refractivity (Wildman–Crippen MR) is 65.9 cm³/mol. The lowest BCUT2D eigenvalue weighted by molar-refractivity contribution is 0.0213. The molecular formula is C13H15ClO3. The number of halogens is 1. The van der Waals surface area contributed by atoms with Crippen molar-refractivity contribution >= 4 is 17.4 Å². The van der Waals surface area contributed by atoms with E-state index >= 15 is 0 Å². The maximum atomic E-state index is 12.3. The average molecular weight is 255 g/mol. The molecule has 0 amide bonds. The van der Waals surface area contributed by atoms with E-state index in [4.69, 9.17) is 21.1 Å². The van der Waals surface area contributed by atoms with Crippen molar-refractivity contribution in [3.8, 4) is 5.75 Å². The van der Waals surface area contributed by atoms with E-state index in [-0.39, 0.29) is 5.78 Å². The van der Waals surface area contributed by atoms with E-state index in [1.807, 2.05) is 6.92 Å². The fourth-order valence-electron chi connectivity index (χ4n) is 2.06. The summed E-state index contributed by atoms with van der Waals surface area (Å²) in [6.07, 6.45) is 1.68. The molecule has 1 saturated heterocycles. The molecule has 2 rings (SSSR count). The van der Waals surface area contributed by atoms with Gasteiger partial charge in [-0.2, -0.15) is 0 Å². The molecule has 3 nitrogen and oxygen atoms in total. The van der Waals surface area contributed by atoms with Crippen LogP contribution in [0.2, 0.25) is 5.02 Å². The minimum absolute atomic E-state index is 0.00929. The van der Waals surface area contributed by atoms with Crippen molar-refractivity contribution < 1.29 is 14.3 Å². The Kier molecular flexibility index (Phi) is 3.40. The molecule has 1 aromatic carbocycles. The summed E-state index contributed by atoms with van der Waals surface area (Å²) in [5.74, 6) is 0.504. The lowest BCUT2D eigenvalue weighted by Gasteiger charge is -2.21. The number of methoxy groups -OCH3 is 1. The molecule has 1 heterocycles. The minimum Gasteiger partial charge on any atom is -0.495 e. The van der Waals surface area contributed by atoms with Gasteiger partial charge in [-0.3, -0.25) is 4.79 Å². The van der Waals surface area contributed by atoms with Crippen molar-refractivity contribution in [2.75, 3.05) is 13.7 Å². The standard InChI is InChI=1S/C13H15ClO3/c1-13(6-3-7-17-13)12(15)9-4-5-10(14)11(8-9)16-2/h4-5,8H,3,6-7H2,1-2H3. The second-order valence-electron chi connectivity index (χ2n) is 4.36. The lowest BCUT2D eigenvalue weighted by atomic mass is 9.92. The maximum absolute atomic E-state index is 12.3. The number of ketones is 1. The molecule has 1 unspecified atom stereocenters. The van der Waals surface area contributed by atoms with Crippen molar-refractivity contribution in [2.45, 2.75) is 25.4 Å². The van der Waals surface area contributed by atoms with Crippen LogP contribution in [0.4, 0.5) is 0 Å². The summed E-state index contributed by atoms with van der Waals surface area (Å²) in [6, 6.07) is 5.05. The maximum Gasteiger partial charge on any atom is 0.194 e. The van der Waals surface area contributed by atoms with E-state index in [2.05, 4.69) is 0 Å². The molecule has 1 fully saturated rings. The zero-order valence-electron chi connectivity index (χ0n) is 9.96. The van der Waals surface area contributed by atoms with Crippen LogP contribution < -0.4 is 4.74 Å². The first-order valence-corrected chi connectivity index (χ1v) is 5.97. The zero-order valence-corrected chi connectivity index (χ0v) is 10.7. The Morgan fingerprint density at radius 1 is 1.53 bits per heavy atom. The first-order chi connectivity index (χ1) is 8.07. The number of carbonyl (C=O) groups excluding carboxylic acids is 1. The van der Waals surface area contributed by atoms with Crippen LogP contribution in [0.1, 0.15) is 30.1 Å². The van der Waals surface area contributed by atoms with Gasteiger partial charge in [0.05, 0.1) is 12.1 Å². The Morgan fingerprint density at radius 3 is 2.88 bits per heavy atom. The smallest absolute Gasteiger partial charge is 0.194 e. The Bertz CT molecular complexity index is 436. The van der Waals surface area contributed by atoms with Gasteiger partial charge in [0.25, 0.3) is 0 Å². The number of carbonyl (C=O) groups is 1. The third-order valence-electron chi connectivity index (χ3n) is 3.11. The second-order valence-corrected chi connectivity index (χ2v) is 4.77. The van der Waals surface area contributed by atoms with Gasteiger partial charge in [0.15, 0.2) is 5.78 Å². The van der Waals surface area contributed by atoms with Crippen LogP contribution in [0, 0.1) is 0 Å². The summed E-state index contributed by atoms with van der Waals surface area (Å²) in [5, 5.41) is 0.501. The van der Waals surface area contributed by atoms with Crippen molar-refractivity contribution in [3.63, 3.8) is 0 Å². The van der Waals surface area contributed by atoms with Crippen molar-refractivity contribution in [2.24, 2.45) is 0 Å². The topological polar surface area (TPSA) is 35.5 Å². The molecule has 1 aliphatic heterocycles. The monoisotopic (exact) mass is 254 g/mol. The van der Waals surface area contributed by atoms with Gasteiger partial charge in [-0.1, -0.05) is 11.6 Å². The lowest BCUT2D eigenvalue weighted by Crippen LogP contribution is -2.34. The Balaban J connectivity index is 2.31. The number of ether oxygens (including phenoxy) is 2. The van der Waals surface area contributed by atoms with Gasteiger partial charge in [0.2, 0.25) is 0 Å². The Hall–Kier alpha value is -1.06. The molecule has 4 heteroatoms. The van der Waals surface area contributed by atoms with Crippen LogP contribution >= 0.6 is 11.6 Å². The first-order valence-electron chi connectivity index (χ1n) is 5.59. The normalized spacial score (nSPS) is 23.7. The van der Waals surface area contributed by atoms with E-state index in [9.17, 15) is 4.79 Å². The van der Waals surface area contributed by atoms with Gasteiger partial charge >= 0.3 is 0 Å². The average Bonchev–Trinajstić information content (AvgIpc) is 2.77. The number of Topliss-reactive ketones (excluding diaryl/α,β-unsaturated/α-hetero) is 1. The molecule has 1 aromatic rings. The van der Waals surface area contributed by atoms with Crippen molar-refractivity contribution in [1.29, 1.82) is 0 Å². The van der Waals surface area contributed by atoms with Gasteiger partial charge in [0.1, 0.15) is 11.4 Å². The number of rotatable bonds is 3. The van der Waals surface area contributed by atoms with E-state index in [0.29, 0.717) is 22.9 Å². The highest BCUT2D eigenvalue weighted by Gasteiger charge is 2.38. The Morgan fingerprint density at radius 2 is 2.29 bits per heavy atom. The first kappa shape index (κ1) is 12.4. The van der Waals surface area contributed by atoms with Crippen LogP contribution in [0.5, 0.6) is 5.75 Å². The minimum atomic E-state index is -0.696. The summed E-state index contributed by atoms with van der Waals surface area (Å²) in [5.41, 5.74) is -0.116. The molecule has 0 spiro atoms. The van der Waals surface area contributed by atoms with Crippen LogP contribution in [0.15, 0.2) is 18.2 Å². The van der Waals surface area contributed by atoms with E-state index in [1.54, 1.807) is 18.2 Å². The number of hydrogen-bond acceptors (Lipinski definition) is 3. The van der Waals surface area contributed by atoms with E-state index < -0.39 is 5.60 Å². The van der Waals surface area contributed by atoms with Crippen LogP contribution in [-0.2, 0) is 4.74 Å². The summed E-state index contributed by atoms with van der Waals surface area (Å²) in [7, 11) is 1.53. The molecule has 1 aliphatic rings. The molecule has 0 bridgehead atoms. The second kappa shape index (κ2) is 4.67. The summed E-state index contributed by atoms with van der Waals surface area (Å²) in [4.78, 5) is 12.3. The molecule has 17 heavy (non-hydrogen) atoms. The molecular weight excluding hydrogens is 240 g/mol.